The Hall–Kier alpha value is -0.610. The average molecular weight is 213 g/mol. The summed E-state index contributed by atoms with van der Waals surface area (Å²) in [7, 11) is 0. The van der Waals surface area contributed by atoms with Crippen molar-refractivity contribution in [3.05, 3.63) is 0 Å². The molecule has 0 aromatic heterocycles. The first-order valence-corrected chi connectivity index (χ1v) is 5.86. The van der Waals surface area contributed by atoms with Crippen LogP contribution in [0.25, 0.3) is 0 Å². The van der Waals surface area contributed by atoms with Crippen LogP contribution in [0.15, 0.2) is 0 Å². The number of amides is 1. The highest BCUT2D eigenvalue weighted by Gasteiger charge is 2.20. The summed E-state index contributed by atoms with van der Waals surface area (Å²) in [5.74, 6) is 0.263. The molecule has 1 rings (SSSR count). The fourth-order valence-corrected chi connectivity index (χ4v) is 1.85. The summed E-state index contributed by atoms with van der Waals surface area (Å²) in [6, 6.07) is 0.369. The van der Waals surface area contributed by atoms with Gasteiger partial charge in [0.1, 0.15) is 0 Å². The second kappa shape index (κ2) is 6.08. The Labute approximate surface area is 92.2 Å². The van der Waals surface area contributed by atoms with Crippen molar-refractivity contribution in [1.29, 1.82) is 0 Å². The van der Waals surface area contributed by atoms with Crippen LogP contribution >= 0.6 is 0 Å². The van der Waals surface area contributed by atoms with Crippen molar-refractivity contribution in [3.8, 4) is 0 Å². The quantitative estimate of drug-likeness (QED) is 0.700. The number of carbonyl (C=O) groups excluding carboxylic acids is 1. The van der Waals surface area contributed by atoms with E-state index in [1.807, 2.05) is 13.8 Å². The summed E-state index contributed by atoms with van der Waals surface area (Å²) >= 11 is 0. The summed E-state index contributed by atoms with van der Waals surface area (Å²) in [6.45, 7) is 7.67. The number of hydrogen-bond donors (Lipinski definition) is 2. The third-order valence-corrected chi connectivity index (χ3v) is 2.90. The molecule has 0 spiro atoms. The van der Waals surface area contributed by atoms with Crippen molar-refractivity contribution < 1.29 is 4.79 Å². The van der Waals surface area contributed by atoms with Crippen molar-refractivity contribution in [3.63, 3.8) is 0 Å². The van der Waals surface area contributed by atoms with E-state index < -0.39 is 0 Å². The van der Waals surface area contributed by atoms with E-state index in [0.717, 1.165) is 39.0 Å². The molecule has 0 unspecified atom stereocenters. The number of hydrogen-bond acceptors (Lipinski definition) is 3. The topological polar surface area (TPSA) is 58.4 Å². The van der Waals surface area contributed by atoms with Crippen molar-refractivity contribution in [2.75, 3.05) is 26.2 Å². The highest BCUT2D eigenvalue weighted by atomic mass is 16.1. The zero-order valence-corrected chi connectivity index (χ0v) is 9.83. The molecular formula is C11H23N3O. The van der Waals surface area contributed by atoms with Gasteiger partial charge in [-0.25, -0.2) is 0 Å². The predicted molar refractivity (Wildman–Crippen MR) is 61.5 cm³/mol. The maximum atomic E-state index is 11.5. The van der Waals surface area contributed by atoms with Crippen LogP contribution in [0, 0.1) is 5.92 Å². The van der Waals surface area contributed by atoms with Gasteiger partial charge in [-0.2, -0.15) is 0 Å². The van der Waals surface area contributed by atoms with Crippen molar-refractivity contribution in [1.82, 2.24) is 10.2 Å². The van der Waals surface area contributed by atoms with E-state index in [9.17, 15) is 4.79 Å². The predicted octanol–water partition coefficient (Wildman–Crippen LogP) is 0.182. The van der Waals surface area contributed by atoms with Crippen LogP contribution < -0.4 is 11.1 Å². The number of piperidine rings is 1. The molecule has 88 valence electrons. The minimum atomic E-state index is 0.0899. The number of likely N-dealkylation sites (tertiary alicyclic amines) is 1. The van der Waals surface area contributed by atoms with E-state index >= 15 is 0 Å². The van der Waals surface area contributed by atoms with Gasteiger partial charge in [-0.3, -0.25) is 4.79 Å². The molecule has 1 fully saturated rings. The number of nitrogens with one attached hydrogen (secondary N) is 1. The summed E-state index contributed by atoms with van der Waals surface area (Å²) in [6.07, 6.45) is 2.11. The third kappa shape index (κ3) is 4.18. The number of carbonyl (C=O) groups is 1. The summed E-state index contributed by atoms with van der Waals surface area (Å²) in [4.78, 5) is 13.8. The fourth-order valence-electron chi connectivity index (χ4n) is 1.85. The van der Waals surface area contributed by atoms with Crippen molar-refractivity contribution in [2.45, 2.75) is 32.7 Å². The van der Waals surface area contributed by atoms with Crippen LogP contribution in [0.2, 0.25) is 0 Å². The van der Waals surface area contributed by atoms with Gasteiger partial charge in [0, 0.05) is 38.1 Å². The van der Waals surface area contributed by atoms with Crippen LogP contribution in [0.1, 0.15) is 26.7 Å². The van der Waals surface area contributed by atoms with Crippen LogP contribution in [-0.4, -0.2) is 43.0 Å². The van der Waals surface area contributed by atoms with Gasteiger partial charge >= 0.3 is 0 Å². The molecule has 0 saturated carbocycles. The van der Waals surface area contributed by atoms with Crippen LogP contribution in [-0.2, 0) is 4.79 Å². The van der Waals surface area contributed by atoms with Crippen molar-refractivity contribution in [2.24, 2.45) is 11.7 Å². The normalized spacial score (nSPS) is 19.5. The lowest BCUT2D eigenvalue weighted by molar-refractivity contribution is -0.125. The largest absolute Gasteiger partial charge is 0.353 e. The maximum Gasteiger partial charge on any atom is 0.222 e. The highest BCUT2D eigenvalue weighted by molar-refractivity contribution is 5.78. The zero-order valence-electron chi connectivity index (χ0n) is 9.83. The number of nitrogens with two attached hydrogens (primary N) is 1. The zero-order chi connectivity index (χ0) is 11.3. The van der Waals surface area contributed by atoms with E-state index in [4.69, 9.17) is 5.73 Å². The van der Waals surface area contributed by atoms with Crippen LogP contribution in [0.3, 0.4) is 0 Å². The van der Waals surface area contributed by atoms with Gasteiger partial charge in [0.2, 0.25) is 5.91 Å². The molecule has 0 radical (unpaired) electrons. The van der Waals surface area contributed by atoms with Crippen LogP contribution in [0.4, 0.5) is 0 Å². The number of nitrogens with zero attached hydrogens (tertiary/aromatic N) is 1. The van der Waals surface area contributed by atoms with Crippen LogP contribution in [0.5, 0.6) is 0 Å². The fraction of sp³-hybridized carbons (Fsp3) is 0.909. The van der Waals surface area contributed by atoms with E-state index in [1.165, 1.54) is 0 Å². The lowest BCUT2D eigenvalue weighted by Gasteiger charge is -2.32. The van der Waals surface area contributed by atoms with Gasteiger partial charge in [-0.05, 0) is 12.8 Å². The molecule has 0 atom stereocenters. The maximum absolute atomic E-state index is 11.5. The molecule has 0 aliphatic carbocycles. The Morgan fingerprint density at radius 1 is 1.47 bits per heavy atom. The van der Waals surface area contributed by atoms with Gasteiger partial charge < -0.3 is 16.0 Å². The highest BCUT2D eigenvalue weighted by Crippen LogP contribution is 2.10. The smallest absolute Gasteiger partial charge is 0.222 e. The molecule has 1 aliphatic heterocycles. The lowest BCUT2D eigenvalue weighted by atomic mass is 10.0. The van der Waals surface area contributed by atoms with E-state index in [2.05, 4.69) is 10.2 Å². The van der Waals surface area contributed by atoms with Gasteiger partial charge in [0.25, 0.3) is 0 Å². The first-order chi connectivity index (χ1) is 7.13. The summed E-state index contributed by atoms with van der Waals surface area (Å²) in [5, 5.41) is 3.08. The minimum absolute atomic E-state index is 0.0899. The van der Waals surface area contributed by atoms with Gasteiger partial charge in [0.15, 0.2) is 0 Å². The third-order valence-electron chi connectivity index (χ3n) is 2.90. The van der Waals surface area contributed by atoms with Crippen molar-refractivity contribution >= 4 is 5.91 Å². The Morgan fingerprint density at radius 2 is 2.07 bits per heavy atom. The minimum Gasteiger partial charge on any atom is -0.353 e. The Kier molecular flexibility index (Phi) is 5.05. The Balaban J connectivity index is 2.22. The molecule has 1 heterocycles. The molecule has 1 aliphatic rings. The number of rotatable bonds is 4. The Bertz CT molecular complexity index is 198. The first kappa shape index (κ1) is 12.5. The molecule has 15 heavy (non-hydrogen) atoms. The molecule has 4 heteroatoms. The van der Waals surface area contributed by atoms with Gasteiger partial charge in [0.05, 0.1) is 0 Å². The van der Waals surface area contributed by atoms with E-state index in [1.54, 1.807) is 0 Å². The average Bonchev–Trinajstić information content (AvgIpc) is 2.21. The summed E-state index contributed by atoms with van der Waals surface area (Å²) in [5.41, 5.74) is 5.50. The van der Waals surface area contributed by atoms with E-state index in [0.29, 0.717) is 6.04 Å². The molecule has 1 amide bonds. The summed E-state index contributed by atoms with van der Waals surface area (Å²) < 4.78 is 0. The Morgan fingerprint density at radius 3 is 2.53 bits per heavy atom. The van der Waals surface area contributed by atoms with E-state index in [-0.39, 0.29) is 11.8 Å². The van der Waals surface area contributed by atoms with Gasteiger partial charge in [-0.1, -0.05) is 13.8 Å². The lowest BCUT2D eigenvalue weighted by Crippen LogP contribution is -2.46. The molecule has 0 aromatic carbocycles. The standard InChI is InChI=1S/C11H23N3O/c1-9(2)11(15)13-10-3-6-14(7-4-10)8-5-12/h9-10H,3-8,12H2,1-2H3,(H,13,15). The molecule has 0 aromatic rings. The molecular weight excluding hydrogens is 190 g/mol. The second-order valence-corrected chi connectivity index (χ2v) is 4.57. The monoisotopic (exact) mass is 213 g/mol. The first-order valence-electron chi connectivity index (χ1n) is 5.86. The SMILES string of the molecule is CC(C)C(=O)NC1CCN(CCN)CC1. The second-order valence-electron chi connectivity index (χ2n) is 4.57. The molecule has 1 saturated heterocycles. The van der Waals surface area contributed by atoms with Gasteiger partial charge in [-0.15, -0.1) is 0 Å². The molecule has 0 bridgehead atoms. The molecule has 4 nitrogen and oxygen atoms in total. The molecule has 3 N–H and O–H groups in total.